The van der Waals surface area contributed by atoms with Crippen LogP contribution in [0.25, 0.3) is 5.57 Å². The Labute approximate surface area is 112 Å². The third-order valence-electron chi connectivity index (χ3n) is 2.64. The quantitative estimate of drug-likeness (QED) is 0.750. The molecule has 1 aliphatic heterocycles. The highest BCUT2D eigenvalue weighted by molar-refractivity contribution is 8.07. The molecule has 0 atom stereocenters. The lowest BCUT2D eigenvalue weighted by molar-refractivity contribution is -0.0831. The molecule has 0 amide bonds. The van der Waals surface area contributed by atoms with Gasteiger partial charge in [-0.15, -0.1) is 0 Å². The number of rotatable bonds is 3. The average molecular weight is 285 g/mol. The Kier molecular flexibility index (Phi) is 4.09. The first-order chi connectivity index (χ1) is 9.02. The summed E-state index contributed by atoms with van der Waals surface area (Å²) in [6.45, 7) is -0.216. The standard InChI is InChI=1S/C13H10F3NOS/c14-13(15,16)12-11(9-4-2-1-3-5-9)7-6-10(19-12)8-17-18/h1-6H,7-8H2. The van der Waals surface area contributed by atoms with E-state index >= 15 is 0 Å². The van der Waals surface area contributed by atoms with E-state index in [1.54, 1.807) is 36.4 Å². The van der Waals surface area contributed by atoms with E-state index in [1.165, 1.54) is 0 Å². The molecule has 1 aliphatic rings. The topological polar surface area (TPSA) is 29.4 Å². The molecule has 0 N–H and O–H groups in total. The fourth-order valence-electron chi connectivity index (χ4n) is 1.82. The molecule has 2 nitrogen and oxygen atoms in total. The summed E-state index contributed by atoms with van der Waals surface area (Å²) in [4.78, 5) is 9.88. The lowest BCUT2D eigenvalue weighted by atomic mass is 10.0. The average Bonchev–Trinajstić information content (AvgIpc) is 2.39. The summed E-state index contributed by atoms with van der Waals surface area (Å²) in [7, 11) is 0. The van der Waals surface area contributed by atoms with E-state index in [4.69, 9.17) is 0 Å². The Morgan fingerprint density at radius 2 is 1.89 bits per heavy atom. The van der Waals surface area contributed by atoms with Crippen LogP contribution in [-0.4, -0.2) is 12.7 Å². The number of hydrogen-bond acceptors (Lipinski definition) is 3. The molecule has 19 heavy (non-hydrogen) atoms. The smallest absolute Gasteiger partial charge is 0.166 e. The first-order valence-corrected chi connectivity index (χ1v) is 6.36. The van der Waals surface area contributed by atoms with Crippen LogP contribution in [0.1, 0.15) is 12.0 Å². The van der Waals surface area contributed by atoms with Crippen LogP contribution in [0, 0.1) is 4.91 Å². The van der Waals surface area contributed by atoms with Gasteiger partial charge >= 0.3 is 6.18 Å². The molecule has 6 heteroatoms. The van der Waals surface area contributed by atoms with E-state index in [0.29, 0.717) is 22.2 Å². The molecule has 0 radical (unpaired) electrons. The molecule has 0 bridgehead atoms. The van der Waals surface area contributed by atoms with Gasteiger partial charge in [0.25, 0.3) is 0 Å². The number of nitrogens with zero attached hydrogens (tertiary/aromatic N) is 1. The summed E-state index contributed by atoms with van der Waals surface area (Å²) < 4.78 is 39.2. The highest BCUT2D eigenvalue weighted by Crippen LogP contribution is 2.47. The number of allylic oxidation sites excluding steroid dienone is 3. The van der Waals surface area contributed by atoms with E-state index in [9.17, 15) is 18.1 Å². The van der Waals surface area contributed by atoms with Gasteiger partial charge in [-0.25, -0.2) is 0 Å². The van der Waals surface area contributed by atoms with Gasteiger partial charge < -0.3 is 0 Å². The van der Waals surface area contributed by atoms with Gasteiger partial charge in [0.05, 0.1) is 4.91 Å². The van der Waals surface area contributed by atoms with Crippen molar-refractivity contribution in [3.8, 4) is 0 Å². The van der Waals surface area contributed by atoms with Gasteiger partial charge in [0.2, 0.25) is 0 Å². The van der Waals surface area contributed by atoms with Crippen LogP contribution < -0.4 is 0 Å². The molecule has 0 saturated carbocycles. The van der Waals surface area contributed by atoms with E-state index < -0.39 is 11.1 Å². The van der Waals surface area contributed by atoms with Crippen molar-refractivity contribution in [2.45, 2.75) is 12.6 Å². The summed E-state index contributed by atoms with van der Waals surface area (Å²) >= 11 is 0.588. The Hall–Kier alpha value is -1.56. The highest BCUT2D eigenvalue weighted by atomic mass is 32.2. The second-order valence-electron chi connectivity index (χ2n) is 3.94. The minimum Gasteiger partial charge on any atom is -0.166 e. The van der Waals surface area contributed by atoms with Crippen LogP contribution in [0.2, 0.25) is 0 Å². The van der Waals surface area contributed by atoms with Gasteiger partial charge in [0, 0.05) is 4.91 Å². The molecule has 0 aromatic heterocycles. The van der Waals surface area contributed by atoms with Crippen molar-refractivity contribution < 1.29 is 13.2 Å². The van der Waals surface area contributed by atoms with Gasteiger partial charge in [-0.1, -0.05) is 53.3 Å². The van der Waals surface area contributed by atoms with Gasteiger partial charge in [-0.05, 0) is 17.6 Å². The van der Waals surface area contributed by atoms with Crippen LogP contribution >= 0.6 is 11.8 Å². The maximum atomic E-state index is 13.1. The van der Waals surface area contributed by atoms with Crippen molar-refractivity contribution in [2.24, 2.45) is 5.18 Å². The molecule has 1 heterocycles. The van der Waals surface area contributed by atoms with E-state index in [-0.39, 0.29) is 18.5 Å². The Bertz CT molecular complexity index is 535. The van der Waals surface area contributed by atoms with Crippen LogP contribution in [0.5, 0.6) is 0 Å². The Morgan fingerprint density at radius 1 is 1.21 bits per heavy atom. The third-order valence-corrected chi connectivity index (χ3v) is 3.88. The molecule has 0 aliphatic carbocycles. The van der Waals surface area contributed by atoms with Gasteiger partial charge in [0.15, 0.2) is 0 Å². The fourth-order valence-corrected chi connectivity index (χ4v) is 2.81. The number of hydrogen-bond donors (Lipinski definition) is 0. The second kappa shape index (κ2) is 5.61. The zero-order valence-corrected chi connectivity index (χ0v) is 10.6. The van der Waals surface area contributed by atoms with Crippen molar-refractivity contribution in [1.29, 1.82) is 0 Å². The highest BCUT2D eigenvalue weighted by Gasteiger charge is 2.38. The van der Waals surface area contributed by atoms with Crippen molar-refractivity contribution in [3.05, 3.63) is 56.7 Å². The molecule has 0 unspecified atom stereocenters. The van der Waals surface area contributed by atoms with E-state index in [0.717, 1.165) is 0 Å². The molecule has 0 spiro atoms. The Morgan fingerprint density at radius 3 is 2.47 bits per heavy atom. The molecule has 1 aromatic rings. The maximum Gasteiger partial charge on any atom is 0.422 e. The largest absolute Gasteiger partial charge is 0.422 e. The van der Waals surface area contributed by atoms with Crippen LogP contribution in [0.4, 0.5) is 13.2 Å². The monoisotopic (exact) mass is 285 g/mol. The lowest BCUT2D eigenvalue weighted by Crippen LogP contribution is -2.14. The molecular formula is C13H10F3NOS. The number of benzene rings is 1. The predicted octanol–water partition coefficient (Wildman–Crippen LogP) is 4.75. The van der Waals surface area contributed by atoms with Crippen LogP contribution in [0.3, 0.4) is 0 Å². The van der Waals surface area contributed by atoms with Crippen molar-refractivity contribution in [2.75, 3.05) is 6.54 Å². The minimum atomic E-state index is -4.42. The Balaban J connectivity index is 2.40. The summed E-state index contributed by atoms with van der Waals surface area (Å²) in [5.41, 5.74) is 0.796. The number of halogens is 3. The lowest BCUT2D eigenvalue weighted by Gasteiger charge is -2.21. The maximum absolute atomic E-state index is 13.1. The van der Waals surface area contributed by atoms with Crippen molar-refractivity contribution >= 4 is 17.3 Å². The SMILES string of the molecule is O=NCC1=CCC(c2ccccc2)=C(C(F)(F)F)S1. The van der Waals surface area contributed by atoms with Gasteiger partial charge in [-0.2, -0.15) is 18.1 Å². The van der Waals surface area contributed by atoms with Crippen molar-refractivity contribution in [3.63, 3.8) is 0 Å². The molecular weight excluding hydrogens is 275 g/mol. The normalized spacial score (nSPS) is 16.3. The van der Waals surface area contributed by atoms with Crippen LogP contribution in [-0.2, 0) is 0 Å². The summed E-state index contributed by atoms with van der Waals surface area (Å²) in [6, 6.07) is 8.46. The number of alkyl halides is 3. The number of nitroso groups, excluding NO2 is 1. The summed E-state index contributed by atoms with van der Waals surface area (Å²) in [5, 5.41) is 2.64. The fraction of sp³-hybridized carbons (Fsp3) is 0.231. The van der Waals surface area contributed by atoms with Gasteiger partial charge in [-0.3, -0.25) is 0 Å². The molecule has 100 valence electrons. The minimum absolute atomic E-state index is 0.163. The molecule has 2 rings (SSSR count). The third kappa shape index (κ3) is 3.26. The number of thioether (sulfide) groups is 1. The molecule has 1 aromatic carbocycles. The summed E-state index contributed by atoms with van der Waals surface area (Å²) in [5.74, 6) is 0. The zero-order chi connectivity index (χ0) is 13.9. The van der Waals surface area contributed by atoms with E-state index in [1.807, 2.05) is 0 Å². The van der Waals surface area contributed by atoms with E-state index in [2.05, 4.69) is 5.18 Å². The summed E-state index contributed by atoms with van der Waals surface area (Å²) in [6.07, 6.45) is -2.63. The predicted molar refractivity (Wildman–Crippen MR) is 70.4 cm³/mol. The second-order valence-corrected chi connectivity index (χ2v) is 5.07. The molecule has 0 fully saturated rings. The van der Waals surface area contributed by atoms with Crippen LogP contribution in [0.15, 0.2) is 51.4 Å². The molecule has 0 saturated heterocycles. The van der Waals surface area contributed by atoms with Gasteiger partial charge in [0.1, 0.15) is 6.54 Å². The first-order valence-electron chi connectivity index (χ1n) is 5.54. The zero-order valence-electron chi connectivity index (χ0n) is 9.78. The van der Waals surface area contributed by atoms with Crippen molar-refractivity contribution in [1.82, 2.24) is 0 Å². The first kappa shape index (κ1) is 13.9.